The van der Waals surface area contributed by atoms with Gasteiger partial charge in [0.1, 0.15) is 11.3 Å². The van der Waals surface area contributed by atoms with Crippen LogP contribution in [0.5, 0.6) is 0 Å². The van der Waals surface area contributed by atoms with Crippen LogP contribution in [0.3, 0.4) is 0 Å². The molecule has 0 spiro atoms. The molecule has 4 rings (SSSR count). The van der Waals surface area contributed by atoms with Crippen LogP contribution in [0.2, 0.25) is 0 Å². The SMILES string of the molecule is C=C(CCC(=O)N1N=CCC1c1cncc(F)c1)Cn1ncc2nc(C)ccc21. The van der Waals surface area contributed by atoms with Gasteiger partial charge in [-0.25, -0.2) is 14.4 Å². The number of amides is 1. The fourth-order valence-electron chi connectivity index (χ4n) is 3.43. The topological polar surface area (TPSA) is 76.3 Å². The number of aryl methyl sites for hydroxylation is 1. The van der Waals surface area contributed by atoms with Gasteiger partial charge in [0, 0.05) is 30.9 Å². The van der Waals surface area contributed by atoms with E-state index in [-0.39, 0.29) is 18.4 Å². The summed E-state index contributed by atoms with van der Waals surface area (Å²) >= 11 is 0. The summed E-state index contributed by atoms with van der Waals surface area (Å²) < 4.78 is 15.3. The predicted octanol–water partition coefficient (Wildman–Crippen LogP) is 3.57. The third kappa shape index (κ3) is 4.06. The van der Waals surface area contributed by atoms with Crippen molar-refractivity contribution in [3.05, 3.63) is 66.0 Å². The van der Waals surface area contributed by atoms with E-state index in [0.717, 1.165) is 28.5 Å². The van der Waals surface area contributed by atoms with E-state index in [1.807, 2.05) is 23.7 Å². The zero-order valence-corrected chi connectivity index (χ0v) is 16.1. The summed E-state index contributed by atoms with van der Waals surface area (Å²) in [5, 5.41) is 9.97. The molecule has 1 atom stereocenters. The Bertz CT molecular complexity index is 1110. The van der Waals surface area contributed by atoms with Gasteiger partial charge in [0.2, 0.25) is 5.91 Å². The molecular weight excluding hydrogens is 371 g/mol. The minimum Gasteiger partial charge on any atom is -0.273 e. The van der Waals surface area contributed by atoms with Crippen LogP contribution in [-0.2, 0) is 11.3 Å². The molecule has 0 bridgehead atoms. The van der Waals surface area contributed by atoms with Crippen LogP contribution < -0.4 is 0 Å². The first kappa shape index (κ1) is 18.9. The third-order valence-corrected chi connectivity index (χ3v) is 4.90. The van der Waals surface area contributed by atoms with Crippen LogP contribution in [0, 0.1) is 12.7 Å². The molecule has 4 heterocycles. The van der Waals surface area contributed by atoms with Crippen LogP contribution in [0.15, 0.2) is 54.0 Å². The first-order chi connectivity index (χ1) is 14.0. The zero-order valence-electron chi connectivity index (χ0n) is 16.1. The lowest BCUT2D eigenvalue weighted by Crippen LogP contribution is -2.27. The summed E-state index contributed by atoms with van der Waals surface area (Å²) in [5.41, 5.74) is 4.24. The summed E-state index contributed by atoms with van der Waals surface area (Å²) in [6, 6.07) is 5.01. The van der Waals surface area contributed by atoms with E-state index in [9.17, 15) is 9.18 Å². The molecule has 1 aliphatic heterocycles. The average molecular weight is 392 g/mol. The van der Waals surface area contributed by atoms with Crippen molar-refractivity contribution < 1.29 is 9.18 Å². The molecule has 3 aromatic rings. The van der Waals surface area contributed by atoms with E-state index >= 15 is 0 Å². The molecule has 0 aliphatic carbocycles. The molecule has 0 saturated heterocycles. The van der Waals surface area contributed by atoms with E-state index in [4.69, 9.17) is 0 Å². The van der Waals surface area contributed by atoms with E-state index in [1.54, 1.807) is 18.6 Å². The van der Waals surface area contributed by atoms with Crippen molar-refractivity contribution >= 4 is 23.2 Å². The van der Waals surface area contributed by atoms with Crippen molar-refractivity contribution in [1.29, 1.82) is 0 Å². The van der Waals surface area contributed by atoms with Gasteiger partial charge in [-0.1, -0.05) is 12.2 Å². The van der Waals surface area contributed by atoms with Gasteiger partial charge >= 0.3 is 0 Å². The maximum absolute atomic E-state index is 13.5. The minimum atomic E-state index is -0.425. The van der Waals surface area contributed by atoms with Crippen molar-refractivity contribution in [1.82, 2.24) is 24.8 Å². The summed E-state index contributed by atoms with van der Waals surface area (Å²) in [5.74, 6) is -0.553. The van der Waals surface area contributed by atoms with E-state index < -0.39 is 5.82 Å². The number of hydrazone groups is 1. The van der Waals surface area contributed by atoms with Gasteiger partial charge in [-0.05, 0) is 37.1 Å². The summed E-state index contributed by atoms with van der Waals surface area (Å²) in [7, 11) is 0. The number of carbonyl (C=O) groups is 1. The highest BCUT2D eigenvalue weighted by Gasteiger charge is 2.28. The molecule has 1 aliphatic rings. The second-order valence-corrected chi connectivity index (χ2v) is 7.13. The molecule has 1 amide bonds. The summed E-state index contributed by atoms with van der Waals surface area (Å²) in [6.45, 7) is 6.55. The largest absolute Gasteiger partial charge is 0.273 e. The first-order valence-electron chi connectivity index (χ1n) is 9.42. The molecule has 148 valence electrons. The lowest BCUT2D eigenvalue weighted by atomic mass is 10.1. The Morgan fingerprint density at radius 1 is 1.28 bits per heavy atom. The zero-order chi connectivity index (χ0) is 20.4. The van der Waals surface area contributed by atoms with Crippen LogP contribution in [0.4, 0.5) is 4.39 Å². The first-order valence-corrected chi connectivity index (χ1v) is 9.42. The average Bonchev–Trinajstić information content (AvgIpc) is 3.33. The third-order valence-electron chi connectivity index (χ3n) is 4.90. The molecule has 1 unspecified atom stereocenters. The van der Waals surface area contributed by atoms with E-state index in [1.165, 1.54) is 11.1 Å². The summed E-state index contributed by atoms with van der Waals surface area (Å²) in [4.78, 5) is 21.0. The number of hydrogen-bond acceptors (Lipinski definition) is 5. The van der Waals surface area contributed by atoms with Gasteiger partial charge < -0.3 is 0 Å². The molecule has 0 aromatic carbocycles. The van der Waals surface area contributed by atoms with E-state index in [0.29, 0.717) is 24.9 Å². The monoisotopic (exact) mass is 392 g/mol. The number of rotatable bonds is 6. The molecule has 0 saturated carbocycles. The number of allylic oxidation sites excluding steroid dienone is 1. The van der Waals surface area contributed by atoms with Crippen molar-refractivity contribution in [3.8, 4) is 0 Å². The highest BCUT2D eigenvalue weighted by Crippen LogP contribution is 2.29. The Morgan fingerprint density at radius 2 is 2.14 bits per heavy atom. The summed E-state index contributed by atoms with van der Waals surface area (Å²) in [6.07, 6.45) is 7.45. The molecule has 3 aromatic heterocycles. The molecule has 8 heteroatoms. The number of halogens is 1. The number of carbonyl (C=O) groups excluding carboxylic acids is 1. The van der Waals surface area contributed by atoms with Gasteiger partial charge in [0.05, 0.1) is 30.5 Å². The fraction of sp³-hybridized carbons (Fsp3) is 0.286. The predicted molar refractivity (Wildman–Crippen MR) is 108 cm³/mol. The fourth-order valence-corrected chi connectivity index (χ4v) is 3.43. The Labute approximate surface area is 167 Å². The van der Waals surface area contributed by atoms with Crippen molar-refractivity contribution in [2.24, 2.45) is 5.10 Å². The van der Waals surface area contributed by atoms with Crippen LogP contribution in [-0.4, -0.2) is 36.9 Å². The van der Waals surface area contributed by atoms with Gasteiger partial charge in [-0.2, -0.15) is 10.2 Å². The van der Waals surface area contributed by atoms with Gasteiger partial charge in [-0.3, -0.25) is 14.5 Å². The number of hydrogen-bond donors (Lipinski definition) is 0. The molecule has 0 fully saturated rings. The molecule has 29 heavy (non-hydrogen) atoms. The van der Waals surface area contributed by atoms with Crippen molar-refractivity contribution in [2.45, 2.75) is 38.8 Å². The minimum absolute atomic E-state index is 0.128. The molecule has 0 radical (unpaired) electrons. The second kappa shape index (κ2) is 7.90. The molecule has 0 N–H and O–H groups in total. The van der Waals surface area contributed by atoms with Gasteiger partial charge in [0.15, 0.2) is 0 Å². The Morgan fingerprint density at radius 3 is 2.97 bits per heavy atom. The highest BCUT2D eigenvalue weighted by molar-refractivity contribution is 5.80. The maximum Gasteiger partial charge on any atom is 0.243 e. The Kier molecular flexibility index (Phi) is 5.16. The van der Waals surface area contributed by atoms with Crippen LogP contribution in [0.25, 0.3) is 11.0 Å². The lowest BCUT2D eigenvalue weighted by Gasteiger charge is -2.22. The number of nitrogens with zero attached hydrogens (tertiary/aromatic N) is 6. The standard InChI is InChI=1S/C21H21FN6O/c1-14(13-27-20-5-4-15(2)26-18(20)12-25-27)3-6-21(29)28-19(7-8-24-28)16-9-17(22)11-23-10-16/h4-5,8-12,19H,1,3,6-7,13H2,2H3. The van der Waals surface area contributed by atoms with Gasteiger partial charge in [0.25, 0.3) is 0 Å². The van der Waals surface area contributed by atoms with Crippen LogP contribution in [0.1, 0.15) is 36.6 Å². The lowest BCUT2D eigenvalue weighted by molar-refractivity contribution is -0.133. The van der Waals surface area contributed by atoms with Crippen LogP contribution >= 0.6 is 0 Å². The molecular formula is C21H21FN6O. The normalized spacial score (nSPS) is 15.9. The number of pyridine rings is 2. The Hall–Kier alpha value is -3.42. The van der Waals surface area contributed by atoms with E-state index in [2.05, 4.69) is 26.7 Å². The number of fused-ring (bicyclic) bond motifs is 1. The van der Waals surface area contributed by atoms with Crippen molar-refractivity contribution in [3.63, 3.8) is 0 Å². The van der Waals surface area contributed by atoms with Crippen molar-refractivity contribution in [2.75, 3.05) is 0 Å². The Balaban J connectivity index is 1.37. The quantitative estimate of drug-likeness (QED) is 0.601. The second-order valence-electron chi connectivity index (χ2n) is 7.13. The number of aromatic nitrogens is 4. The molecule has 7 nitrogen and oxygen atoms in total. The smallest absolute Gasteiger partial charge is 0.243 e. The maximum atomic E-state index is 13.5. The highest BCUT2D eigenvalue weighted by atomic mass is 19.1. The van der Waals surface area contributed by atoms with Gasteiger partial charge in [-0.15, -0.1) is 0 Å².